The summed E-state index contributed by atoms with van der Waals surface area (Å²) in [6, 6.07) is 20.0. The van der Waals surface area contributed by atoms with Crippen molar-refractivity contribution in [3.8, 4) is 11.1 Å². The van der Waals surface area contributed by atoms with Gasteiger partial charge in [-0.2, -0.15) is 0 Å². The van der Waals surface area contributed by atoms with Crippen LogP contribution in [0.2, 0.25) is 0 Å². The van der Waals surface area contributed by atoms with Crippen molar-refractivity contribution in [1.82, 2.24) is 4.90 Å². The SMILES string of the molecule is Cc1cc(C(=O)C2CC3CCCC(C2)N3C(=O)OCC2c3ccccc3-c3ccccc32)cc(C)c1F. The van der Waals surface area contributed by atoms with Crippen molar-refractivity contribution in [3.05, 3.63) is 94.3 Å². The highest BCUT2D eigenvalue weighted by Gasteiger charge is 2.44. The molecule has 3 aromatic rings. The zero-order valence-electron chi connectivity index (χ0n) is 21.4. The molecule has 2 heterocycles. The maximum atomic E-state index is 14.1. The van der Waals surface area contributed by atoms with Crippen LogP contribution in [0.25, 0.3) is 11.1 Å². The predicted octanol–water partition coefficient (Wildman–Crippen LogP) is 7.21. The number of Topliss-reactive ketones (excluding diaryl/α,β-unsaturated/α-hetero) is 1. The lowest BCUT2D eigenvalue weighted by atomic mass is 9.75. The van der Waals surface area contributed by atoms with Crippen LogP contribution in [-0.4, -0.2) is 35.5 Å². The second-order valence-corrected chi connectivity index (χ2v) is 10.9. The number of fused-ring (bicyclic) bond motifs is 5. The van der Waals surface area contributed by atoms with Gasteiger partial charge in [0.25, 0.3) is 0 Å². The van der Waals surface area contributed by atoms with E-state index in [-0.39, 0.29) is 41.6 Å². The Morgan fingerprint density at radius 1 is 0.892 bits per heavy atom. The van der Waals surface area contributed by atoms with Crippen molar-refractivity contribution >= 4 is 11.9 Å². The third-order valence-electron chi connectivity index (χ3n) is 8.61. The Balaban J connectivity index is 1.17. The van der Waals surface area contributed by atoms with Gasteiger partial charge in [0.2, 0.25) is 0 Å². The summed E-state index contributed by atoms with van der Waals surface area (Å²) in [7, 11) is 0. The first kappa shape index (κ1) is 23.9. The first-order chi connectivity index (χ1) is 17.9. The number of rotatable bonds is 4. The molecule has 0 radical (unpaired) electrons. The van der Waals surface area contributed by atoms with E-state index in [0.29, 0.717) is 36.1 Å². The minimum absolute atomic E-state index is 0.000238. The summed E-state index contributed by atoms with van der Waals surface area (Å²) in [5, 5.41) is 0. The summed E-state index contributed by atoms with van der Waals surface area (Å²) in [5.74, 6) is -0.314. The van der Waals surface area contributed by atoms with E-state index in [1.54, 1.807) is 26.0 Å². The van der Waals surface area contributed by atoms with Crippen molar-refractivity contribution < 1.29 is 18.7 Å². The lowest BCUT2D eigenvalue weighted by Gasteiger charge is -2.47. The lowest BCUT2D eigenvalue weighted by Crippen LogP contribution is -2.55. The average Bonchev–Trinajstić information content (AvgIpc) is 3.22. The Kier molecular flexibility index (Phi) is 6.10. The fourth-order valence-corrected chi connectivity index (χ4v) is 6.89. The van der Waals surface area contributed by atoms with Crippen LogP contribution < -0.4 is 0 Å². The first-order valence-corrected chi connectivity index (χ1v) is 13.4. The highest BCUT2D eigenvalue weighted by Crippen LogP contribution is 2.45. The number of hydrogen-bond donors (Lipinski definition) is 0. The monoisotopic (exact) mass is 497 g/mol. The number of halogens is 1. The van der Waals surface area contributed by atoms with Crippen LogP contribution in [0.1, 0.15) is 70.6 Å². The van der Waals surface area contributed by atoms with E-state index in [1.807, 2.05) is 29.2 Å². The van der Waals surface area contributed by atoms with Crippen LogP contribution in [0.3, 0.4) is 0 Å². The fraction of sp³-hybridized carbons (Fsp3) is 0.375. The summed E-state index contributed by atoms with van der Waals surface area (Å²) >= 11 is 0. The molecule has 4 nitrogen and oxygen atoms in total. The third kappa shape index (κ3) is 4.14. The van der Waals surface area contributed by atoms with Gasteiger partial charge in [0.1, 0.15) is 12.4 Å². The molecule has 2 unspecified atom stereocenters. The topological polar surface area (TPSA) is 46.6 Å². The van der Waals surface area contributed by atoms with Crippen LogP contribution in [0.4, 0.5) is 9.18 Å². The molecule has 2 atom stereocenters. The molecule has 2 aliphatic heterocycles. The lowest BCUT2D eigenvalue weighted by molar-refractivity contribution is 0.00650. The maximum Gasteiger partial charge on any atom is 0.410 e. The second-order valence-electron chi connectivity index (χ2n) is 10.9. The van der Waals surface area contributed by atoms with Crippen molar-refractivity contribution in [2.75, 3.05) is 6.61 Å². The molecule has 5 heteroatoms. The fourth-order valence-electron chi connectivity index (χ4n) is 6.89. The second kappa shape index (κ2) is 9.44. The van der Waals surface area contributed by atoms with Gasteiger partial charge in [-0.05, 0) is 91.5 Å². The van der Waals surface area contributed by atoms with Gasteiger partial charge < -0.3 is 9.64 Å². The molecule has 2 saturated heterocycles. The standard InChI is InChI=1S/C32H32FNO3/c1-19-14-21(15-20(2)30(19)33)31(35)22-16-23-8-7-9-24(17-22)34(23)32(36)37-18-29-27-12-5-3-10-25(27)26-11-4-6-13-28(26)29/h3-6,10-15,22-24,29H,7-9,16-18H2,1-2H3. The van der Waals surface area contributed by atoms with E-state index < -0.39 is 0 Å². The quantitative estimate of drug-likeness (QED) is 0.358. The van der Waals surface area contributed by atoms with E-state index in [2.05, 4.69) is 24.3 Å². The van der Waals surface area contributed by atoms with E-state index in [4.69, 9.17) is 4.74 Å². The molecule has 37 heavy (non-hydrogen) atoms. The number of amides is 1. The number of carbonyl (C=O) groups is 2. The highest BCUT2D eigenvalue weighted by molar-refractivity contribution is 5.98. The van der Waals surface area contributed by atoms with Gasteiger partial charge >= 0.3 is 6.09 Å². The molecule has 0 N–H and O–H groups in total. The zero-order valence-corrected chi connectivity index (χ0v) is 21.4. The van der Waals surface area contributed by atoms with Gasteiger partial charge in [-0.25, -0.2) is 9.18 Å². The Bertz CT molecular complexity index is 1300. The van der Waals surface area contributed by atoms with E-state index in [9.17, 15) is 14.0 Å². The maximum absolute atomic E-state index is 14.1. The molecule has 1 amide bonds. The van der Waals surface area contributed by atoms with Crippen LogP contribution in [-0.2, 0) is 4.74 Å². The van der Waals surface area contributed by atoms with Gasteiger partial charge in [-0.3, -0.25) is 4.79 Å². The Labute approximate surface area is 217 Å². The Hall–Kier alpha value is -3.47. The third-order valence-corrected chi connectivity index (χ3v) is 8.61. The van der Waals surface area contributed by atoms with Gasteiger partial charge in [0, 0.05) is 29.5 Å². The van der Waals surface area contributed by atoms with Crippen LogP contribution in [0.15, 0.2) is 60.7 Å². The first-order valence-electron chi connectivity index (χ1n) is 13.4. The van der Waals surface area contributed by atoms with Crippen molar-refractivity contribution in [2.45, 2.75) is 64.0 Å². The van der Waals surface area contributed by atoms with Crippen molar-refractivity contribution in [3.63, 3.8) is 0 Å². The summed E-state index contributed by atoms with van der Waals surface area (Å²) < 4.78 is 20.1. The van der Waals surface area contributed by atoms with Gasteiger partial charge in [0.15, 0.2) is 5.78 Å². The summed E-state index contributed by atoms with van der Waals surface area (Å²) in [5.41, 5.74) is 6.40. The van der Waals surface area contributed by atoms with Crippen LogP contribution in [0, 0.1) is 25.6 Å². The molecule has 3 aliphatic rings. The number of carbonyl (C=O) groups excluding carboxylic acids is 2. The van der Waals surface area contributed by atoms with Crippen LogP contribution in [0.5, 0.6) is 0 Å². The number of ether oxygens (including phenoxy) is 1. The number of nitrogens with zero attached hydrogens (tertiary/aromatic N) is 1. The van der Waals surface area contributed by atoms with E-state index in [0.717, 1.165) is 19.3 Å². The molecule has 1 aliphatic carbocycles. The Morgan fingerprint density at radius 2 is 1.43 bits per heavy atom. The Morgan fingerprint density at radius 3 is 2.00 bits per heavy atom. The average molecular weight is 498 g/mol. The highest BCUT2D eigenvalue weighted by atomic mass is 19.1. The van der Waals surface area contributed by atoms with Crippen molar-refractivity contribution in [1.29, 1.82) is 0 Å². The molecule has 0 spiro atoms. The minimum Gasteiger partial charge on any atom is -0.448 e. The molecule has 0 saturated carbocycles. The number of aryl methyl sites for hydroxylation is 2. The molecule has 190 valence electrons. The van der Waals surface area contributed by atoms with E-state index >= 15 is 0 Å². The summed E-state index contributed by atoms with van der Waals surface area (Å²) in [4.78, 5) is 28.8. The van der Waals surface area contributed by atoms with Crippen molar-refractivity contribution in [2.24, 2.45) is 5.92 Å². The van der Waals surface area contributed by atoms with Crippen LogP contribution >= 0.6 is 0 Å². The number of piperidine rings is 2. The molecular formula is C32H32FNO3. The minimum atomic E-state index is -0.268. The smallest absolute Gasteiger partial charge is 0.410 e. The van der Waals surface area contributed by atoms with Gasteiger partial charge in [-0.15, -0.1) is 0 Å². The summed E-state index contributed by atoms with van der Waals surface area (Å²) in [6.07, 6.45) is 3.82. The molecule has 3 aromatic carbocycles. The largest absolute Gasteiger partial charge is 0.448 e. The van der Waals surface area contributed by atoms with Gasteiger partial charge in [0.05, 0.1) is 0 Å². The summed E-state index contributed by atoms with van der Waals surface area (Å²) in [6.45, 7) is 3.71. The normalized spacial score (nSPS) is 22.4. The molecule has 2 fully saturated rings. The molecular weight excluding hydrogens is 465 g/mol. The molecule has 6 rings (SSSR count). The predicted molar refractivity (Wildman–Crippen MR) is 141 cm³/mol. The number of benzene rings is 3. The molecule has 2 bridgehead atoms. The number of hydrogen-bond acceptors (Lipinski definition) is 3. The van der Waals surface area contributed by atoms with E-state index in [1.165, 1.54) is 22.3 Å². The van der Waals surface area contributed by atoms with Gasteiger partial charge in [-0.1, -0.05) is 48.5 Å². The zero-order chi connectivity index (χ0) is 25.7. The number of ketones is 1. The molecule has 0 aromatic heterocycles.